The summed E-state index contributed by atoms with van der Waals surface area (Å²) in [5.41, 5.74) is 8.92. The predicted molar refractivity (Wildman–Crippen MR) is 74.7 cm³/mol. The first-order valence-electron chi connectivity index (χ1n) is 5.77. The van der Waals surface area contributed by atoms with Crippen molar-refractivity contribution >= 4 is 17.3 Å². The van der Waals surface area contributed by atoms with E-state index in [1.807, 2.05) is 13.0 Å². The van der Waals surface area contributed by atoms with Gasteiger partial charge in [0.05, 0.1) is 11.6 Å². The molecule has 4 heteroatoms. The standard InChI is InChI=1S/C15H13N3O/c1-10-6-12(8-13(17)7-10)15(19)18-14-4-2-11(9-16)3-5-14/h2-8H,17H2,1H3,(H,18,19). The SMILES string of the molecule is Cc1cc(N)cc(C(=O)Nc2ccc(C#N)cc2)c1. The Morgan fingerprint density at radius 2 is 1.89 bits per heavy atom. The van der Waals surface area contributed by atoms with Crippen LogP contribution in [0.2, 0.25) is 0 Å². The molecule has 0 saturated heterocycles. The highest BCUT2D eigenvalue weighted by Crippen LogP contribution is 2.14. The second kappa shape index (κ2) is 5.23. The van der Waals surface area contributed by atoms with Gasteiger partial charge in [-0.1, -0.05) is 0 Å². The molecule has 94 valence electrons. The topological polar surface area (TPSA) is 78.9 Å². The van der Waals surface area contributed by atoms with Gasteiger partial charge in [-0.05, 0) is 55.0 Å². The number of hydrogen-bond acceptors (Lipinski definition) is 3. The minimum absolute atomic E-state index is 0.222. The lowest BCUT2D eigenvalue weighted by molar-refractivity contribution is 0.102. The van der Waals surface area contributed by atoms with Crippen LogP contribution in [-0.4, -0.2) is 5.91 Å². The van der Waals surface area contributed by atoms with Gasteiger partial charge in [0.25, 0.3) is 5.91 Å². The molecule has 2 rings (SSSR count). The van der Waals surface area contributed by atoms with E-state index >= 15 is 0 Å². The van der Waals surface area contributed by atoms with E-state index in [9.17, 15) is 4.79 Å². The van der Waals surface area contributed by atoms with Crippen molar-refractivity contribution in [2.75, 3.05) is 11.1 Å². The Kier molecular flexibility index (Phi) is 3.48. The lowest BCUT2D eigenvalue weighted by Gasteiger charge is -2.07. The summed E-state index contributed by atoms with van der Waals surface area (Å²) < 4.78 is 0. The van der Waals surface area contributed by atoms with Crippen LogP contribution in [-0.2, 0) is 0 Å². The van der Waals surface area contributed by atoms with Gasteiger partial charge in [0.15, 0.2) is 0 Å². The Labute approximate surface area is 111 Å². The van der Waals surface area contributed by atoms with E-state index in [0.717, 1.165) is 5.56 Å². The average molecular weight is 251 g/mol. The molecule has 0 aliphatic heterocycles. The Morgan fingerprint density at radius 1 is 1.21 bits per heavy atom. The minimum Gasteiger partial charge on any atom is -0.399 e. The normalized spacial score (nSPS) is 9.68. The van der Waals surface area contributed by atoms with Crippen molar-refractivity contribution < 1.29 is 4.79 Å². The van der Waals surface area contributed by atoms with E-state index in [4.69, 9.17) is 11.0 Å². The molecular weight excluding hydrogens is 238 g/mol. The Hall–Kier alpha value is -2.80. The van der Waals surface area contributed by atoms with Gasteiger partial charge in [-0.3, -0.25) is 4.79 Å². The summed E-state index contributed by atoms with van der Waals surface area (Å²) in [6.07, 6.45) is 0. The number of hydrogen-bond donors (Lipinski definition) is 2. The summed E-state index contributed by atoms with van der Waals surface area (Å²) in [6, 6.07) is 13.9. The minimum atomic E-state index is -0.222. The quantitative estimate of drug-likeness (QED) is 0.805. The number of anilines is 2. The molecule has 0 fully saturated rings. The fourth-order valence-corrected chi connectivity index (χ4v) is 1.78. The number of nitrogen functional groups attached to an aromatic ring is 1. The number of nitrogens with two attached hydrogens (primary N) is 1. The summed E-state index contributed by atoms with van der Waals surface area (Å²) in [6.45, 7) is 1.88. The molecular formula is C15H13N3O. The Bertz CT molecular complexity index is 634. The molecule has 0 unspecified atom stereocenters. The van der Waals surface area contributed by atoms with Gasteiger partial charge < -0.3 is 11.1 Å². The monoisotopic (exact) mass is 251 g/mol. The zero-order valence-corrected chi connectivity index (χ0v) is 10.5. The van der Waals surface area contributed by atoms with Crippen LogP contribution in [0, 0.1) is 18.3 Å². The van der Waals surface area contributed by atoms with Crippen LogP contribution in [0.15, 0.2) is 42.5 Å². The molecule has 0 aliphatic carbocycles. The van der Waals surface area contributed by atoms with Crippen LogP contribution < -0.4 is 11.1 Å². The fourth-order valence-electron chi connectivity index (χ4n) is 1.78. The van der Waals surface area contributed by atoms with Gasteiger partial charge in [-0.15, -0.1) is 0 Å². The number of nitrogens with one attached hydrogen (secondary N) is 1. The maximum atomic E-state index is 12.0. The van der Waals surface area contributed by atoms with Crippen LogP contribution in [0.1, 0.15) is 21.5 Å². The van der Waals surface area contributed by atoms with Crippen LogP contribution in [0.5, 0.6) is 0 Å². The molecule has 0 spiro atoms. The highest BCUT2D eigenvalue weighted by atomic mass is 16.1. The van der Waals surface area contributed by atoms with E-state index in [1.165, 1.54) is 0 Å². The first-order chi connectivity index (χ1) is 9.08. The summed E-state index contributed by atoms with van der Waals surface area (Å²) >= 11 is 0. The molecule has 0 atom stereocenters. The molecule has 0 heterocycles. The fraction of sp³-hybridized carbons (Fsp3) is 0.0667. The van der Waals surface area contributed by atoms with E-state index in [2.05, 4.69) is 5.32 Å². The summed E-state index contributed by atoms with van der Waals surface area (Å²) in [5.74, 6) is -0.222. The molecule has 0 bridgehead atoms. The first-order valence-corrected chi connectivity index (χ1v) is 5.77. The molecule has 4 nitrogen and oxygen atoms in total. The van der Waals surface area contributed by atoms with Crippen molar-refractivity contribution in [3.63, 3.8) is 0 Å². The number of amides is 1. The van der Waals surface area contributed by atoms with Gasteiger partial charge in [0.2, 0.25) is 0 Å². The zero-order chi connectivity index (χ0) is 13.8. The Balaban J connectivity index is 2.18. The van der Waals surface area contributed by atoms with Crippen LogP contribution in [0.3, 0.4) is 0 Å². The molecule has 2 aromatic carbocycles. The molecule has 2 aromatic rings. The van der Waals surface area contributed by atoms with Crippen molar-refractivity contribution in [2.45, 2.75) is 6.92 Å². The third kappa shape index (κ3) is 3.11. The van der Waals surface area contributed by atoms with E-state index in [-0.39, 0.29) is 5.91 Å². The summed E-state index contributed by atoms with van der Waals surface area (Å²) in [7, 11) is 0. The molecule has 0 aromatic heterocycles. The van der Waals surface area contributed by atoms with Gasteiger partial charge >= 0.3 is 0 Å². The molecule has 1 amide bonds. The van der Waals surface area contributed by atoms with Crippen molar-refractivity contribution in [1.82, 2.24) is 0 Å². The van der Waals surface area contributed by atoms with Crippen LogP contribution in [0.4, 0.5) is 11.4 Å². The molecule has 0 saturated carbocycles. The second-order valence-electron chi connectivity index (χ2n) is 4.28. The highest BCUT2D eigenvalue weighted by Gasteiger charge is 2.07. The van der Waals surface area contributed by atoms with E-state index in [1.54, 1.807) is 42.5 Å². The predicted octanol–water partition coefficient (Wildman–Crippen LogP) is 2.70. The number of nitriles is 1. The number of carbonyl (C=O) groups is 1. The van der Waals surface area contributed by atoms with Gasteiger partial charge in [-0.25, -0.2) is 0 Å². The number of rotatable bonds is 2. The molecule has 0 aliphatic rings. The largest absolute Gasteiger partial charge is 0.399 e. The molecule has 0 radical (unpaired) electrons. The average Bonchev–Trinajstić information content (AvgIpc) is 2.38. The lowest BCUT2D eigenvalue weighted by Crippen LogP contribution is -2.12. The van der Waals surface area contributed by atoms with Crippen LogP contribution >= 0.6 is 0 Å². The lowest BCUT2D eigenvalue weighted by atomic mass is 10.1. The maximum absolute atomic E-state index is 12.0. The summed E-state index contributed by atoms with van der Waals surface area (Å²) in [4.78, 5) is 12.0. The Morgan fingerprint density at radius 3 is 2.47 bits per heavy atom. The number of nitrogens with zero attached hydrogens (tertiary/aromatic N) is 1. The van der Waals surface area contributed by atoms with Gasteiger partial charge in [0.1, 0.15) is 0 Å². The van der Waals surface area contributed by atoms with Gasteiger partial charge in [0, 0.05) is 16.9 Å². The second-order valence-corrected chi connectivity index (χ2v) is 4.28. The number of benzene rings is 2. The molecule has 19 heavy (non-hydrogen) atoms. The third-order valence-corrected chi connectivity index (χ3v) is 2.63. The van der Waals surface area contributed by atoms with E-state index in [0.29, 0.717) is 22.5 Å². The smallest absolute Gasteiger partial charge is 0.255 e. The summed E-state index contributed by atoms with van der Waals surface area (Å²) in [5, 5.41) is 11.5. The number of aryl methyl sites for hydroxylation is 1. The van der Waals surface area contributed by atoms with Crippen molar-refractivity contribution in [2.24, 2.45) is 0 Å². The van der Waals surface area contributed by atoms with E-state index < -0.39 is 0 Å². The van der Waals surface area contributed by atoms with Crippen molar-refractivity contribution in [3.05, 3.63) is 59.2 Å². The third-order valence-electron chi connectivity index (χ3n) is 2.63. The van der Waals surface area contributed by atoms with Gasteiger partial charge in [-0.2, -0.15) is 5.26 Å². The maximum Gasteiger partial charge on any atom is 0.255 e. The number of carbonyl (C=O) groups excluding carboxylic acids is 1. The first kappa shape index (κ1) is 12.7. The zero-order valence-electron chi connectivity index (χ0n) is 10.5. The van der Waals surface area contributed by atoms with Crippen LogP contribution in [0.25, 0.3) is 0 Å². The van der Waals surface area contributed by atoms with Crippen molar-refractivity contribution in [1.29, 1.82) is 5.26 Å². The molecule has 3 N–H and O–H groups in total. The highest BCUT2D eigenvalue weighted by molar-refractivity contribution is 6.04. The van der Waals surface area contributed by atoms with Crippen molar-refractivity contribution in [3.8, 4) is 6.07 Å².